The standard InChI is InChI=1S/C26H23F3N4/c1-16-23(14-18-9-10-20(27)24(29)25(18)31-16)32-22-8-2-7-21(28)26(22)33-12-4-6-19(33)13-17-5-3-11-30-15-17/h2-3,5,7-11,14-15,19,32H,4,6,12-13H2,1H3. The van der Waals surface area contributed by atoms with E-state index in [9.17, 15) is 8.78 Å². The first-order chi connectivity index (χ1) is 16.0. The third-order valence-electron chi connectivity index (χ3n) is 6.18. The van der Waals surface area contributed by atoms with Gasteiger partial charge in [0, 0.05) is 30.4 Å². The molecule has 2 aromatic carbocycles. The van der Waals surface area contributed by atoms with Crippen LogP contribution in [-0.2, 0) is 6.42 Å². The molecule has 1 N–H and O–H groups in total. The minimum Gasteiger partial charge on any atom is -0.364 e. The average molecular weight is 448 g/mol. The smallest absolute Gasteiger partial charge is 0.184 e. The highest BCUT2D eigenvalue weighted by Crippen LogP contribution is 2.38. The van der Waals surface area contributed by atoms with E-state index in [1.807, 2.05) is 24.4 Å². The monoisotopic (exact) mass is 448 g/mol. The molecular weight excluding hydrogens is 425 g/mol. The predicted octanol–water partition coefficient (Wildman–Crippen LogP) is 6.31. The maximum atomic E-state index is 15.2. The van der Waals surface area contributed by atoms with Gasteiger partial charge in [-0.05, 0) is 68.1 Å². The molecule has 1 aliphatic heterocycles. The number of rotatable bonds is 5. The number of para-hydroxylation sites is 1. The van der Waals surface area contributed by atoms with Gasteiger partial charge >= 0.3 is 0 Å². The van der Waals surface area contributed by atoms with Crippen LogP contribution in [0.5, 0.6) is 0 Å². The lowest BCUT2D eigenvalue weighted by Crippen LogP contribution is -2.32. The van der Waals surface area contributed by atoms with Crippen molar-refractivity contribution in [1.82, 2.24) is 9.97 Å². The van der Waals surface area contributed by atoms with Gasteiger partial charge in [-0.1, -0.05) is 12.1 Å². The molecular formula is C26H23F3N4. The number of hydrogen-bond donors (Lipinski definition) is 1. The number of nitrogens with one attached hydrogen (secondary N) is 1. The predicted molar refractivity (Wildman–Crippen MR) is 124 cm³/mol. The van der Waals surface area contributed by atoms with Crippen molar-refractivity contribution in [2.24, 2.45) is 0 Å². The molecule has 0 spiro atoms. The first kappa shape index (κ1) is 21.2. The Morgan fingerprint density at radius 2 is 1.91 bits per heavy atom. The van der Waals surface area contributed by atoms with Crippen molar-refractivity contribution in [1.29, 1.82) is 0 Å². The van der Waals surface area contributed by atoms with E-state index in [0.717, 1.165) is 37.4 Å². The van der Waals surface area contributed by atoms with Crippen molar-refractivity contribution in [3.63, 3.8) is 0 Å². The summed E-state index contributed by atoms with van der Waals surface area (Å²) in [4.78, 5) is 10.6. The van der Waals surface area contributed by atoms with Crippen molar-refractivity contribution >= 4 is 28.0 Å². The minimum atomic E-state index is -0.969. The number of benzene rings is 2. The molecule has 4 aromatic rings. The summed E-state index contributed by atoms with van der Waals surface area (Å²) in [5, 5.41) is 3.76. The highest BCUT2D eigenvalue weighted by molar-refractivity contribution is 5.86. The first-order valence-corrected chi connectivity index (χ1v) is 11.0. The van der Waals surface area contributed by atoms with Crippen molar-refractivity contribution < 1.29 is 13.2 Å². The molecule has 0 saturated carbocycles. The van der Waals surface area contributed by atoms with Crippen LogP contribution in [-0.4, -0.2) is 22.6 Å². The van der Waals surface area contributed by atoms with Gasteiger partial charge in [-0.25, -0.2) is 18.2 Å². The van der Waals surface area contributed by atoms with Crippen LogP contribution in [0.4, 0.5) is 30.2 Å². The Labute approximate surface area is 190 Å². The Kier molecular flexibility index (Phi) is 5.62. The summed E-state index contributed by atoms with van der Waals surface area (Å²) in [7, 11) is 0. The maximum absolute atomic E-state index is 15.2. The zero-order chi connectivity index (χ0) is 22.9. The lowest BCUT2D eigenvalue weighted by molar-refractivity contribution is 0.515. The van der Waals surface area contributed by atoms with Gasteiger partial charge in [0.25, 0.3) is 0 Å². The molecule has 33 heavy (non-hydrogen) atoms. The maximum Gasteiger partial charge on any atom is 0.184 e. The van der Waals surface area contributed by atoms with Gasteiger partial charge in [0.15, 0.2) is 11.6 Å². The second-order valence-electron chi connectivity index (χ2n) is 8.37. The van der Waals surface area contributed by atoms with E-state index < -0.39 is 11.6 Å². The lowest BCUT2D eigenvalue weighted by atomic mass is 10.0. The molecule has 1 aliphatic rings. The number of fused-ring (bicyclic) bond motifs is 1. The fraction of sp³-hybridized carbons (Fsp3) is 0.231. The highest BCUT2D eigenvalue weighted by Gasteiger charge is 2.29. The molecule has 0 bridgehead atoms. The van der Waals surface area contributed by atoms with E-state index in [1.165, 1.54) is 12.1 Å². The molecule has 1 unspecified atom stereocenters. The quantitative estimate of drug-likeness (QED) is 0.388. The molecule has 4 nitrogen and oxygen atoms in total. The summed E-state index contributed by atoms with van der Waals surface area (Å²) < 4.78 is 42.9. The summed E-state index contributed by atoms with van der Waals surface area (Å²) in [6.07, 6.45) is 6.31. The SMILES string of the molecule is Cc1nc2c(F)c(F)ccc2cc1Nc1cccc(F)c1N1CCCC1Cc1cccnc1. The number of anilines is 3. The fourth-order valence-corrected chi connectivity index (χ4v) is 4.59. The van der Waals surface area contributed by atoms with E-state index in [2.05, 4.69) is 20.2 Å². The summed E-state index contributed by atoms with van der Waals surface area (Å²) in [5.41, 5.74) is 3.32. The number of aromatic nitrogens is 2. The van der Waals surface area contributed by atoms with Crippen molar-refractivity contribution in [3.8, 4) is 0 Å². The third kappa shape index (κ3) is 4.11. The van der Waals surface area contributed by atoms with Gasteiger partial charge in [-0.15, -0.1) is 0 Å². The molecule has 3 heterocycles. The number of aryl methyl sites for hydroxylation is 1. The highest BCUT2D eigenvalue weighted by atomic mass is 19.2. The van der Waals surface area contributed by atoms with Crippen LogP contribution in [0.3, 0.4) is 0 Å². The van der Waals surface area contributed by atoms with Crippen LogP contribution in [0, 0.1) is 24.4 Å². The Morgan fingerprint density at radius 1 is 1.03 bits per heavy atom. The van der Waals surface area contributed by atoms with Crippen molar-refractivity contribution in [2.45, 2.75) is 32.2 Å². The Hall–Kier alpha value is -3.61. The summed E-state index contributed by atoms with van der Waals surface area (Å²) >= 11 is 0. The number of hydrogen-bond acceptors (Lipinski definition) is 4. The van der Waals surface area contributed by atoms with Crippen LogP contribution in [0.1, 0.15) is 24.1 Å². The van der Waals surface area contributed by atoms with Gasteiger partial charge in [0.2, 0.25) is 0 Å². The molecule has 0 radical (unpaired) electrons. The molecule has 7 heteroatoms. The Balaban J connectivity index is 1.50. The van der Waals surface area contributed by atoms with Gasteiger partial charge < -0.3 is 10.2 Å². The van der Waals surface area contributed by atoms with Crippen LogP contribution in [0.25, 0.3) is 10.9 Å². The molecule has 5 rings (SSSR count). The van der Waals surface area contributed by atoms with Crippen molar-refractivity contribution in [3.05, 3.63) is 89.6 Å². The van der Waals surface area contributed by atoms with E-state index in [0.29, 0.717) is 28.1 Å². The molecule has 2 aromatic heterocycles. The minimum absolute atomic E-state index is 0.0198. The summed E-state index contributed by atoms with van der Waals surface area (Å²) in [5.74, 6) is -2.21. The van der Waals surface area contributed by atoms with Gasteiger partial charge in [0.05, 0.1) is 22.8 Å². The van der Waals surface area contributed by atoms with E-state index >= 15 is 4.39 Å². The molecule has 1 saturated heterocycles. The summed E-state index contributed by atoms with van der Waals surface area (Å²) in [6.45, 7) is 2.46. The average Bonchev–Trinajstić information content (AvgIpc) is 3.26. The lowest BCUT2D eigenvalue weighted by Gasteiger charge is -2.29. The molecule has 1 fully saturated rings. The normalized spacial score (nSPS) is 15.9. The Morgan fingerprint density at radius 3 is 2.73 bits per heavy atom. The molecule has 0 aliphatic carbocycles. The number of pyridine rings is 2. The zero-order valence-electron chi connectivity index (χ0n) is 18.2. The second kappa shape index (κ2) is 8.73. The first-order valence-electron chi connectivity index (χ1n) is 11.0. The fourth-order valence-electron chi connectivity index (χ4n) is 4.59. The van der Waals surface area contributed by atoms with Crippen LogP contribution < -0.4 is 10.2 Å². The van der Waals surface area contributed by atoms with E-state index in [-0.39, 0.29) is 17.4 Å². The van der Waals surface area contributed by atoms with Gasteiger partial charge in [0.1, 0.15) is 11.3 Å². The van der Waals surface area contributed by atoms with Gasteiger partial charge in [-0.2, -0.15) is 0 Å². The largest absolute Gasteiger partial charge is 0.364 e. The second-order valence-corrected chi connectivity index (χ2v) is 8.37. The Bertz CT molecular complexity index is 1310. The zero-order valence-corrected chi connectivity index (χ0v) is 18.2. The number of nitrogens with zero attached hydrogens (tertiary/aromatic N) is 3. The van der Waals surface area contributed by atoms with Crippen LogP contribution >= 0.6 is 0 Å². The third-order valence-corrected chi connectivity index (χ3v) is 6.18. The summed E-state index contributed by atoms with van der Waals surface area (Å²) in [6, 6.07) is 13.3. The molecule has 168 valence electrons. The van der Waals surface area contributed by atoms with E-state index in [1.54, 1.807) is 25.3 Å². The van der Waals surface area contributed by atoms with Crippen molar-refractivity contribution in [2.75, 3.05) is 16.8 Å². The molecule has 0 amide bonds. The number of halogens is 3. The van der Waals surface area contributed by atoms with E-state index in [4.69, 9.17) is 0 Å². The van der Waals surface area contributed by atoms with Crippen LogP contribution in [0.15, 0.2) is 60.9 Å². The molecule has 1 atom stereocenters. The van der Waals surface area contributed by atoms with Crippen LogP contribution in [0.2, 0.25) is 0 Å². The van der Waals surface area contributed by atoms with Gasteiger partial charge in [-0.3, -0.25) is 4.98 Å². The topological polar surface area (TPSA) is 41.1 Å².